The van der Waals surface area contributed by atoms with Crippen molar-refractivity contribution in [3.8, 4) is 0 Å². The molecule has 3 aromatic rings. The van der Waals surface area contributed by atoms with Crippen LogP contribution in [0.3, 0.4) is 0 Å². The summed E-state index contributed by atoms with van der Waals surface area (Å²) in [6.45, 7) is 0.549. The summed E-state index contributed by atoms with van der Waals surface area (Å²) in [6.07, 6.45) is 1.98. The van der Waals surface area contributed by atoms with Gasteiger partial charge in [0.2, 0.25) is 0 Å². The normalized spacial score (nSPS) is 13.8. The van der Waals surface area contributed by atoms with Crippen LogP contribution in [0, 0.1) is 0 Å². The van der Waals surface area contributed by atoms with Gasteiger partial charge in [-0.3, -0.25) is 9.10 Å². The monoisotopic (exact) mass is 426 g/mol. The zero-order valence-electron chi connectivity index (χ0n) is 16.1. The van der Waals surface area contributed by atoms with Gasteiger partial charge in [0.15, 0.2) is 0 Å². The van der Waals surface area contributed by atoms with Gasteiger partial charge in [-0.1, -0.05) is 24.3 Å². The number of carbonyl (C=O) groups excluding carboxylic acids is 1. The third-order valence-corrected chi connectivity index (χ3v) is 7.55. The maximum Gasteiger partial charge on any atom is 0.264 e. The molecule has 0 atom stereocenters. The molecule has 1 amide bonds. The zero-order valence-corrected chi connectivity index (χ0v) is 17.7. The molecule has 1 aliphatic carbocycles. The van der Waals surface area contributed by atoms with Crippen molar-refractivity contribution >= 4 is 33.0 Å². The van der Waals surface area contributed by atoms with Crippen molar-refractivity contribution in [3.05, 3.63) is 82.6 Å². The van der Waals surface area contributed by atoms with E-state index in [-0.39, 0.29) is 16.8 Å². The van der Waals surface area contributed by atoms with Crippen LogP contribution in [0.5, 0.6) is 0 Å². The highest BCUT2D eigenvalue weighted by atomic mass is 32.2. The zero-order chi connectivity index (χ0) is 20.4. The molecule has 150 valence electrons. The highest BCUT2D eigenvalue weighted by Crippen LogP contribution is 2.31. The maximum atomic E-state index is 13.2. The molecule has 29 heavy (non-hydrogen) atoms. The average molecular weight is 427 g/mol. The number of rotatable bonds is 7. The minimum Gasteiger partial charge on any atom is -0.331 e. The second-order valence-corrected chi connectivity index (χ2v) is 9.88. The Morgan fingerprint density at radius 3 is 2.48 bits per heavy atom. The van der Waals surface area contributed by atoms with Gasteiger partial charge in [0.25, 0.3) is 15.9 Å². The second kappa shape index (κ2) is 8.00. The molecule has 2 aromatic carbocycles. The van der Waals surface area contributed by atoms with E-state index < -0.39 is 10.0 Å². The molecule has 5 nitrogen and oxygen atoms in total. The van der Waals surface area contributed by atoms with Gasteiger partial charge in [0, 0.05) is 25.2 Å². The molecule has 1 saturated carbocycles. The number of carbonyl (C=O) groups is 1. The molecule has 0 saturated heterocycles. The van der Waals surface area contributed by atoms with E-state index in [2.05, 4.69) is 0 Å². The van der Waals surface area contributed by atoms with Crippen molar-refractivity contribution in [1.82, 2.24) is 4.90 Å². The highest BCUT2D eigenvalue weighted by Gasteiger charge is 2.33. The highest BCUT2D eigenvalue weighted by molar-refractivity contribution is 7.92. The smallest absolute Gasteiger partial charge is 0.264 e. The molecule has 1 aliphatic rings. The van der Waals surface area contributed by atoms with Crippen LogP contribution in [0.25, 0.3) is 0 Å². The number of para-hydroxylation sites is 1. The van der Waals surface area contributed by atoms with Gasteiger partial charge < -0.3 is 4.90 Å². The lowest BCUT2D eigenvalue weighted by atomic mass is 10.2. The molecule has 0 unspecified atom stereocenters. The first kappa shape index (κ1) is 19.7. The number of hydrogen-bond donors (Lipinski definition) is 0. The fourth-order valence-corrected chi connectivity index (χ4v) is 5.12. The van der Waals surface area contributed by atoms with Crippen molar-refractivity contribution in [2.45, 2.75) is 30.3 Å². The van der Waals surface area contributed by atoms with Crippen LogP contribution in [0.1, 0.15) is 28.8 Å². The standard InChI is InChI=1S/C22H22N2O3S2/c1-23(19-7-3-2-4-8-19)29(26,27)21-9-5-6-18(14-21)22(25)24(20-10-11-20)15-17-12-13-28-16-17/h2-9,12-14,16,20H,10-11,15H2,1H3. The Kier molecular flexibility index (Phi) is 5.43. The second-order valence-electron chi connectivity index (χ2n) is 7.13. The molecular formula is C22H22N2O3S2. The number of benzene rings is 2. The van der Waals surface area contributed by atoms with Gasteiger partial charge in [-0.05, 0) is 65.6 Å². The summed E-state index contributed by atoms with van der Waals surface area (Å²) in [5, 5.41) is 4.04. The van der Waals surface area contributed by atoms with E-state index in [9.17, 15) is 13.2 Å². The van der Waals surface area contributed by atoms with Crippen molar-refractivity contribution in [2.75, 3.05) is 11.4 Å². The lowest BCUT2D eigenvalue weighted by Gasteiger charge is -2.23. The van der Waals surface area contributed by atoms with Crippen LogP contribution in [0.15, 0.2) is 76.3 Å². The van der Waals surface area contributed by atoms with Crippen molar-refractivity contribution in [3.63, 3.8) is 0 Å². The third-order valence-electron chi connectivity index (χ3n) is 5.04. The molecule has 4 rings (SSSR count). The average Bonchev–Trinajstić information content (AvgIpc) is 3.47. The number of anilines is 1. The van der Waals surface area contributed by atoms with Crippen LogP contribution in [0.4, 0.5) is 5.69 Å². The lowest BCUT2D eigenvalue weighted by Crippen LogP contribution is -2.33. The first-order valence-electron chi connectivity index (χ1n) is 9.43. The van der Waals surface area contributed by atoms with Crippen LogP contribution in [0.2, 0.25) is 0 Å². The fourth-order valence-electron chi connectivity index (χ4n) is 3.22. The largest absolute Gasteiger partial charge is 0.331 e. The van der Waals surface area contributed by atoms with Crippen molar-refractivity contribution in [2.24, 2.45) is 0 Å². The third kappa shape index (κ3) is 4.21. The van der Waals surface area contributed by atoms with Crippen LogP contribution < -0.4 is 4.31 Å². The molecule has 1 fully saturated rings. The SMILES string of the molecule is CN(c1ccccc1)S(=O)(=O)c1cccc(C(=O)N(Cc2ccsc2)C2CC2)c1. The molecule has 1 heterocycles. The summed E-state index contributed by atoms with van der Waals surface area (Å²) in [5.41, 5.74) is 2.07. The molecule has 1 aromatic heterocycles. The summed E-state index contributed by atoms with van der Waals surface area (Å²) in [4.78, 5) is 15.2. The Bertz CT molecular complexity index is 1090. The Balaban J connectivity index is 1.61. The molecule has 0 N–H and O–H groups in total. The Morgan fingerprint density at radius 2 is 1.83 bits per heavy atom. The van der Waals surface area contributed by atoms with Crippen molar-refractivity contribution < 1.29 is 13.2 Å². The van der Waals surface area contributed by atoms with Crippen LogP contribution >= 0.6 is 11.3 Å². The number of nitrogens with zero attached hydrogens (tertiary/aromatic N) is 2. The van der Waals surface area contributed by atoms with E-state index in [1.54, 1.807) is 47.7 Å². The van der Waals surface area contributed by atoms with Gasteiger partial charge in [-0.2, -0.15) is 11.3 Å². The molecule has 0 aliphatic heterocycles. The van der Waals surface area contributed by atoms with E-state index >= 15 is 0 Å². The van der Waals surface area contributed by atoms with E-state index in [1.807, 2.05) is 27.8 Å². The van der Waals surface area contributed by atoms with Crippen LogP contribution in [-0.2, 0) is 16.6 Å². The number of sulfonamides is 1. The molecule has 0 bridgehead atoms. The van der Waals surface area contributed by atoms with E-state index in [1.165, 1.54) is 23.5 Å². The van der Waals surface area contributed by atoms with E-state index in [0.29, 0.717) is 17.8 Å². The first-order valence-corrected chi connectivity index (χ1v) is 11.8. The van der Waals surface area contributed by atoms with E-state index in [0.717, 1.165) is 18.4 Å². The summed E-state index contributed by atoms with van der Waals surface area (Å²) in [5.74, 6) is -0.127. The summed E-state index contributed by atoms with van der Waals surface area (Å²) < 4.78 is 27.4. The number of hydrogen-bond acceptors (Lipinski definition) is 4. The molecular weight excluding hydrogens is 404 g/mol. The predicted molar refractivity (Wildman–Crippen MR) is 116 cm³/mol. The first-order chi connectivity index (χ1) is 14.0. The van der Waals surface area contributed by atoms with Gasteiger partial charge >= 0.3 is 0 Å². The van der Waals surface area contributed by atoms with Gasteiger partial charge in [-0.15, -0.1) is 0 Å². The Morgan fingerprint density at radius 1 is 1.07 bits per heavy atom. The van der Waals surface area contributed by atoms with Gasteiger partial charge in [0.05, 0.1) is 10.6 Å². The summed E-state index contributed by atoms with van der Waals surface area (Å²) >= 11 is 1.61. The summed E-state index contributed by atoms with van der Waals surface area (Å²) in [7, 11) is -2.24. The number of amides is 1. The maximum absolute atomic E-state index is 13.2. The van der Waals surface area contributed by atoms with Crippen LogP contribution in [-0.4, -0.2) is 32.3 Å². The summed E-state index contributed by atoms with van der Waals surface area (Å²) in [6, 6.07) is 17.5. The predicted octanol–water partition coefficient (Wildman–Crippen LogP) is 4.38. The van der Waals surface area contributed by atoms with Crippen molar-refractivity contribution in [1.29, 1.82) is 0 Å². The quantitative estimate of drug-likeness (QED) is 0.563. The number of thiophene rings is 1. The Labute approximate surface area is 175 Å². The minimum absolute atomic E-state index is 0.112. The van der Waals surface area contributed by atoms with Gasteiger partial charge in [0.1, 0.15) is 0 Å². The van der Waals surface area contributed by atoms with E-state index in [4.69, 9.17) is 0 Å². The van der Waals surface area contributed by atoms with Gasteiger partial charge in [-0.25, -0.2) is 8.42 Å². The fraction of sp³-hybridized carbons (Fsp3) is 0.227. The minimum atomic E-state index is -3.76. The molecule has 0 radical (unpaired) electrons. The lowest BCUT2D eigenvalue weighted by molar-refractivity contribution is 0.0730. The topological polar surface area (TPSA) is 57.7 Å². The Hall–Kier alpha value is -2.64. The molecule has 0 spiro atoms. The molecule has 7 heteroatoms.